The molecule has 0 fully saturated rings. The summed E-state index contributed by atoms with van der Waals surface area (Å²) in [5.74, 6) is 1.01. The van der Waals surface area contributed by atoms with Crippen LogP contribution in [0.3, 0.4) is 0 Å². The average molecular weight is 273 g/mol. The highest BCUT2D eigenvalue weighted by Gasteiger charge is 2.24. The minimum atomic E-state index is 0.253. The van der Waals surface area contributed by atoms with Crippen LogP contribution in [0.1, 0.15) is 25.0 Å². The van der Waals surface area contributed by atoms with Crippen molar-refractivity contribution in [2.45, 2.75) is 32.8 Å². The van der Waals surface area contributed by atoms with Crippen LogP contribution in [0.15, 0.2) is 36.4 Å². The molecule has 0 N–H and O–H groups in total. The molecule has 1 aliphatic heterocycles. The molecule has 2 heteroatoms. The van der Waals surface area contributed by atoms with Gasteiger partial charge in [0.15, 0.2) is 0 Å². The molecule has 0 aromatic heterocycles. The first-order valence-corrected chi connectivity index (χ1v) is 7.14. The van der Waals surface area contributed by atoms with Crippen molar-refractivity contribution in [1.82, 2.24) is 0 Å². The lowest BCUT2D eigenvalue weighted by Crippen LogP contribution is -2.05. The van der Waals surface area contributed by atoms with Crippen LogP contribution >= 0.6 is 11.6 Å². The maximum Gasteiger partial charge on any atom is 0.130 e. The molecule has 1 aliphatic rings. The van der Waals surface area contributed by atoms with E-state index in [-0.39, 0.29) is 6.10 Å². The minimum Gasteiger partial charge on any atom is -0.489 e. The lowest BCUT2D eigenvalue weighted by atomic mass is 9.96. The number of benzene rings is 2. The summed E-state index contributed by atoms with van der Waals surface area (Å²) in [5.41, 5.74) is 4.84. The van der Waals surface area contributed by atoms with Crippen molar-refractivity contribution >= 4 is 11.6 Å². The maximum absolute atomic E-state index is 6.34. The molecule has 2 aromatic rings. The van der Waals surface area contributed by atoms with Crippen LogP contribution in [0.2, 0.25) is 5.02 Å². The van der Waals surface area contributed by atoms with E-state index in [2.05, 4.69) is 32.0 Å². The van der Waals surface area contributed by atoms with E-state index in [4.69, 9.17) is 16.3 Å². The van der Waals surface area contributed by atoms with E-state index < -0.39 is 0 Å². The largest absolute Gasteiger partial charge is 0.489 e. The van der Waals surface area contributed by atoms with Crippen LogP contribution in [-0.2, 0) is 12.8 Å². The summed E-state index contributed by atoms with van der Waals surface area (Å²) < 4.78 is 5.99. The SMILES string of the molecule is CCc1cc2c(c(-c3ccccc3Cl)c1)OC(C)C2. The first-order valence-electron chi connectivity index (χ1n) is 6.76. The van der Waals surface area contributed by atoms with Crippen molar-refractivity contribution in [2.75, 3.05) is 0 Å². The Morgan fingerprint density at radius 3 is 2.74 bits per heavy atom. The number of fused-ring (bicyclic) bond motifs is 1. The molecule has 3 rings (SSSR count). The fourth-order valence-corrected chi connectivity index (χ4v) is 2.92. The van der Waals surface area contributed by atoms with Gasteiger partial charge in [0.25, 0.3) is 0 Å². The quantitative estimate of drug-likeness (QED) is 0.756. The third-order valence-electron chi connectivity index (χ3n) is 3.62. The molecular formula is C17H17ClO. The van der Waals surface area contributed by atoms with Gasteiger partial charge in [-0.25, -0.2) is 0 Å². The average Bonchev–Trinajstić information content (AvgIpc) is 2.78. The van der Waals surface area contributed by atoms with E-state index in [1.54, 1.807) is 0 Å². The summed E-state index contributed by atoms with van der Waals surface area (Å²) in [5, 5.41) is 0.779. The lowest BCUT2D eigenvalue weighted by Gasteiger charge is -2.12. The van der Waals surface area contributed by atoms with Crippen molar-refractivity contribution in [3.05, 3.63) is 52.5 Å². The number of halogens is 1. The Balaban J connectivity index is 2.21. The monoisotopic (exact) mass is 272 g/mol. The Labute approximate surface area is 119 Å². The van der Waals surface area contributed by atoms with E-state index in [1.807, 2.05) is 18.2 Å². The summed E-state index contributed by atoms with van der Waals surface area (Å²) in [4.78, 5) is 0. The number of rotatable bonds is 2. The van der Waals surface area contributed by atoms with Gasteiger partial charge in [0.2, 0.25) is 0 Å². The van der Waals surface area contributed by atoms with Crippen LogP contribution in [0.5, 0.6) is 5.75 Å². The van der Waals surface area contributed by atoms with Crippen LogP contribution in [-0.4, -0.2) is 6.10 Å². The molecule has 19 heavy (non-hydrogen) atoms. The molecule has 0 amide bonds. The van der Waals surface area contributed by atoms with Crippen molar-refractivity contribution in [1.29, 1.82) is 0 Å². The summed E-state index contributed by atoms with van der Waals surface area (Å²) in [6, 6.07) is 12.4. The van der Waals surface area contributed by atoms with Gasteiger partial charge in [0.05, 0.1) is 0 Å². The normalized spacial score (nSPS) is 17.1. The first kappa shape index (κ1) is 12.6. The molecule has 1 heterocycles. The van der Waals surface area contributed by atoms with Gasteiger partial charge in [-0.2, -0.15) is 0 Å². The lowest BCUT2D eigenvalue weighted by molar-refractivity contribution is 0.255. The first-order chi connectivity index (χ1) is 9.19. The maximum atomic E-state index is 6.34. The zero-order chi connectivity index (χ0) is 13.4. The zero-order valence-electron chi connectivity index (χ0n) is 11.2. The van der Waals surface area contributed by atoms with E-state index in [1.165, 1.54) is 11.1 Å². The van der Waals surface area contributed by atoms with Crippen molar-refractivity contribution in [2.24, 2.45) is 0 Å². The predicted octanol–water partition coefficient (Wildman–Crippen LogP) is 4.89. The minimum absolute atomic E-state index is 0.253. The fraction of sp³-hybridized carbons (Fsp3) is 0.294. The van der Waals surface area contributed by atoms with Gasteiger partial charge in [-0.1, -0.05) is 42.8 Å². The predicted molar refractivity (Wildman–Crippen MR) is 80.1 cm³/mol. The molecule has 98 valence electrons. The molecule has 0 saturated heterocycles. The van der Waals surface area contributed by atoms with Crippen molar-refractivity contribution in [3.8, 4) is 16.9 Å². The van der Waals surface area contributed by atoms with Crippen LogP contribution < -0.4 is 4.74 Å². The second kappa shape index (κ2) is 4.90. The zero-order valence-corrected chi connectivity index (χ0v) is 12.0. The van der Waals surface area contributed by atoms with Gasteiger partial charge in [0, 0.05) is 22.6 Å². The molecule has 0 bridgehead atoms. The molecule has 0 radical (unpaired) electrons. The van der Waals surface area contributed by atoms with Gasteiger partial charge >= 0.3 is 0 Å². The third-order valence-corrected chi connectivity index (χ3v) is 3.95. The number of aryl methyl sites for hydroxylation is 1. The number of hydrogen-bond donors (Lipinski definition) is 0. The second-order valence-corrected chi connectivity index (χ2v) is 5.50. The molecule has 2 aromatic carbocycles. The Hall–Kier alpha value is -1.47. The van der Waals surface area contributed by atoms with Crippen LogP contribution in [0, 0.1) is 0 Å². The Bertz CT molecular complexity index is 619. The molecule has 0 spiro atoms. The van der Waals surface area contributed by atoms with Gasteiger partial charge in [-0.15, -0.1) is 0 Å². The molecule has 1 unspecified atom stereocenters. The molecule has 0 aliphatic carbocycles. The molecule has 1 atom stereocenters. The van der Waals surface area contributed by atoms with Gasteiger partial charge in [-0.3, -0.25) is 0 Å². The number of hydrogen-bond acceptors (Lipinski definition) is 1. The second-order valence-electron chi connectivity index (χ2n) is 5.10. The number of ether oxygens (including phenoxy) is 1. The van der Waals surface area contributed by atoms with E-state index in [0.29, 0.717) is 0 Å². The van der Waals surface area contributed by atoms with E-state index in [0.717, 1.165) is 34.7 Å². The molecule has 0 saturated carbocycles. The fourth-order valence-electron chi connectivity index (χ4n) is 2.68. The Morgan fingerprint density at radius 1 is 1.21 bits per heavy atom. The summed E-state index contributed by atoms with van der Waals surface area (Å²) in [7, 11) is 0. The highest BCUT2D eigenvalue weighted by Crippen LogP contribution is 2.42. The van der Waals surface area contributed by atoms with Crippen molar-refractivity contribution < 1.29 is 4.74 Å². The standard InChI is InChI=1S/C17H17ClO/c1-3-12-9-13-8-11(2)19-17(13)15(10-12)14-6-4-5-7-16(14)18/h4-7,9-11H,3,8H2,1-2H3. The third kappa shape index (κ3) is 2.23. The Morgan fingerprint density at radius 2 is 2.00 bits per heavy atom. The smallest absolute Gasteiger partial charge is 0.130 e. The Kier molecular flexibility index (Phi) is 3.24. The van der Waals surface area contributed by atoms with Gasteiger partial charge < -0.3 is 4.74 Å². The van der Waals surface area contributed by atoms with Gasteiger partial charge in [-0.05, 0) is 36.6 Å². The van der Waals surface area contributed by atoms with Gasteiger partial charge in [0.1, 0.15) is 11.9 Å². The topological polar surface area (TPSA) is 9.23 Å². The van der Waals surface area contributed by atoms with Crippen molar-refractivity contribution in [3.63, 3.8) is 0 Å². The van der Waals surface area contributed by atoms with Crippen LogP contribution in [0.4, 0.5) is 0 Å². The summed E-state index contributed by atoms with van der Waals surface area (Å²) in [6.45, 7) is 4.29. The highest BCUT2D eigenvalue weighted by molar-refractivity contribution is 6.33. The molecular weight excluding hydrogens is 256 g/mol. The van der Waals surface area contributed by atoms with Crippen LogP contribution in [0.25, 0.3) is 11.1 Å². The summed E-state index contributed by atoms with van der Waals surface area (Å²) in [6.07, 6.45) is 2.27. The van der Waals surface area contributed by atoms with E-state index in [9.17, 15) is 0 Å². The highest BCUT2D eigenvalue weighted by atomic mass is 35.5. The summed E-state index contributed by atoms with van der Waals surface area (Å²) >= 11 is 6.34. The van der Waals surface area contributed by atoms with E-state index >= 15 is 0 Å². The molecule has 1 nitrogen and oxygen atoms in total.